The smallest absolute Gasteiger partial charge is 0.336 e. The Labute approximate surface area is 124 Å². The molecular weight excluding hydrogens is 294 g/mol. The average molecular weight is 307 g/mol. The number of anilines is 1. The van der Waals surface area contributed by atoms with Crippen LogP contribution in [0.4, 0.5) is 5.69 Å². The molecule has 2 aromatic rings. The molecule has 6 nitrogen and oxygen atoms in total. The van der Waals surface area contributed by atoms with Gasteiger partial charge in [-0.05, 0) is 24.3 Å². The van der Waals surface area contributed by atoms with Gasteiger partial charge in [-0.15, -0.1) is 11.3 Å². The monoisotopic (exact) mass is 307 g/mol. The van der Waals surface area contributed by atoms with Crippen LogP contribution in [0.15, 0.2) is 29.6 Å². The zero-order valence-electron chi connectivity index (χ0n) is 11.1. The van der Waals surface area contributed by atoms with Crippen molar-refractivity contribution in [3.63, 3.8) is 0 Å². The summed E-state index contributed by atoms with van der Waals surface area (Å²) in [6.07, 6.45) is 0. The van der Waals surface area contributed by atoms with E-state index in [1.807, 2.05) is 0 Å². The number of hydrogen-bond donors (Lipinski definition) is 3. The van der Waals surface area contributed by atoms with Gasteiger partial charge in [0, 0.05) is 16.8 Å². The first-order chi connectivity index (χ1) is 10.0. The van der Waals surface area contributed by atoms with Crippen molar-refractivity contribution in [2.24, 2.45) is 0 Å². The summed E-state index contributed by atoms with van der Waals surface area (Å²) in [4.78, 5) is 22.6. The van der Waals surface area contributed by atoms with Crippen LogP contribution in [0.5, 0.6) is 5.75 Å². The summed E-state index contributed by atoms with van der Waals surface area (Å²) >= 11 is 1.32. The average Bonchev–Trinajstić information content (AvgIpc) is 2.93. The van der Waals surface area contributed by atoms with Gasteiger partial charge in [0.1, 0.15) is 5.75 Å². The third-order valence-electron chi connectivity index (χ3n) is 2.80. The van der Waals surface area contributed by atoms with Crippen LogP contribution in [0.2, 0.25) is 0 Å². The lowest BCUT2D eigenvalue weighted by molar-refractivity contribution is 0.0686. The van der Waals surface area contributed by atoms with Crippen molar-refractivity contribution < 1.29 is 24.5 Å². The molecule has 0 amide bonds. The molecule has 0 aliphatic rings. The fourth-order valence-corrected chi connectivity index (χ4v) is 2.54. The molecule has 7 heteroatoms. The van der Waals surface area contributed by atoms with E-state index in [9.17, 15) is 9.59 Å². The van der Waals surface area contributed by atoms with Gasteiger partial charge in [-0.1, -0.05) is 0 Å². The second-order valence-electron chi connectivity index (χ2n) is 4.18. The van der Waals surface area contributed by atoms with Gasteiger partial charge in [0.25, 0.3) is 0 Å². The standard InChI is InChI=1S/C14H13NO5S/c1-20-12-3-2-8(13(16)17)5-11(12)15-6-10-4-9(7-21-10)14(18)19/h2-5,7,15H,6H2,1H3,(H,16,17)(H,18,19). The summed E-state index contributed by atoms with van der Waals surface area (Å²) < 4.78 is 5.17. The van der Waals surface area contributed by atoms with Crippen molar-refractivity contribution in [2.75, 3.05) is 12.4 Å². The molecule has 1 aromatic carbocycles. The van der Waals surface area contributed by atoms with Crippen molar-refractivity contribution in [1.82, 2.24) is 0 Å². The van der Waals surface area contributed by atoms with Gasteiger partial charge >= 0.3 is 11.9 Å². The number of carbonyl (C=O) groups is 2. The summed E-state index contributed by atoms with van der Waals surface area (Å²) in [6, 6.07) is 6.09. The van der Waals surface area contributed by atoms with E-state index in [0.29, 0.717) is 18.0 Å². The molecule has 1 aromatic heterocycles. The first kappa shape index (κ1) is 14.9. The minimum absolute atomic E-state index is 0.149. The number of benzene rings is 1. The summed E-state index contributed by atoms with van der Waals surface area (Å²) in [5.74, 6) is -1.47. The lowest BCUT2D eigenvalue weighted by atomic mass is 10.2. The molecule has 3 N–H and O–H groups in total. The highest BCUT2D eigenvalue weighted by atomic mass is 32.1. The molecule has 0 saturated carbocycles. The Bertz CT molecular complexity index is 680. The number of carboxylic acid groups (broad SMARTS) is 2. The van der Waals surface area contributed by atoms with Crippen LogP contribution in [0.25, 0.3) is 0 Å². The Morgan fingerprint density at radius 2 is 1.90 bits per heavy atom. The second-order valence-corrected chi connectivity index (χ2v) is 5.18. The first-order valence-electron chi connectivity index (χ1n) is 5.97. The van der Waals surface area contributed by atoms with Crippen molar-refractivity contribution >= 4 is 29.0 Å². The topological polar surface area (TPSA) is 95.9 Å². The van der Waals surface area contributed by atoms with E-state index >= 15 is 0 Å². The van der Waals surface area contributed by atoms with Gasteiger partial charge in [-0.2, -0.15) is 0 Å². The maximum Gasteiger partial charge on any atom is 0.336 e. The van der Waals surface area contributed by atoms with E-state index in [4.69, 9.17) is 14.9 Å². The lowest BCUT2D eigenvalue weighted by Crippen LogP contribution is -2.03. The molecule has 21 heavy (non-hydrogen) atoms. The van der Waals surface area contributed by atoms with E-state index in [2.05, 4.69) is 5.32 Å². The highest BCUT2D eigenvalue weighted by molar-refractivity contribution is 7.10. The number of nitrogens with one attached hydrogen (secondary N) is 1. The highest BCUT2D eigenvalue weighted by Gasteiger charge is 2.10. The van der Waals surface area contributed by atoms with Crippen LogP contribution in [0.1, 0.15) is 25.6 Å². The number of methoxy groups -OCH3 is 1. The number of ether oxygens (including phenoxy) is 1. The number of thiophene rings is 1. The molecule has 0 unspecified atom stereocenters. The highest BCUT2D eigenvalue weighted by Crippen LogP contribution is 2.27. The van der Waals surface area contributed by atoms with Gasteiger partial charge in [0.15, 0.2) is 0 Å². The number of rotatable bonds is 6. The van der Waals surface area contributed by atoms with Crippen LogP contribution in [0, 0.1) is 0 Å². The predicted octanol–water partition coefficient (Wildman–Crippen LogP) is 2.77. The fraction of sp³-hybridized carbons (Fsp3) is 0.143. The summed E-state index contributed by atoms with van der Waals surface area (Å²) in [5, 5.41) is 22.5. The van der Waals surface area contributed by atoms with E-state index < -0.39 is 11.9 Å². The Kier molecular flexibility index (Phi) is 4.44. The van der Waals surface area contributed by atoms with E-state index in [1.165, 1.54) is 30.6 Å². The molecule has 0 bridgehead atoms. The first-order valence-corrected chi connectivity index (χ1v) is 6.85. The SMILES string of the molecule is COc1ccc(C(=O)O)cc1NCc1cc(C(=O)O)cs1. The number of hydrogen-bond acceptors (Lipinski definition) is 5. The van der Waals surface area contributed by atoms with Crippen LogP contribution in [0.3, 0.4) is 0 Å². The molecule has 0 saturated heterocycles. The Morgan fingerprint density at radius 3 is 2.48 bits per heavy atom. The number of carboxylic acids is 2. The maximum absolute atomic E-state index is 11.0. The van der Waals surface area contributed by atoms with Gasteiger partial charge in [-0.3, -0.25) is 0 Å². The molecule has 1 heterocycles. The van der Waals surface area contributed by atoms with Crippen molar-refractivity contribution in [2.45, 2.75) is 6.54 Å². The molecule has 110 valence electrons. The minimum Gasteiger partial charge on any atom is -0.495 e. The largest absolute Gasteiger partial charge is 0.495 e. The Morgan fingerprint density at radius 1 is 1.19 bits per heavy atom. The van der Waals surface area contributed by atoms with Crippen LogP contribution in [-0.4, -0.2) is 29.3 Å². The molecule has 0 aliphatic heterocycles. The molecule has 0 spiro atoms. The van der Waals surface area contributed by atoms with Crippen molar-refractivity contribution in [1.29, 1.82) is 0 Å². The Hall–Kier alpha value is -2.54. The third-order valence-corrected chi connectivity index (χ3v) is 3.74. The van der Waals surface area contributed by atoms with Crippen molar-refractivity contribution in [3.05, 3.63) is 45.6 Å². The maximum atomic E-state index is 11.0. The summed E-state index contributed by atoms with van der Waals surface area (Å²) in [5.41, 5.74) is 0.932. The minimum atomic E-state index is -1.02. The normalized spacial score (nSPS) is 10.1. The van der Waals surface area contributed by atoms with Crippen LogP contribution >= 0.6 is 11.3 Å². The summed E-state index contributed by atoms with van der Waals surface area (Å²) in [7, 11) is 1.49. The molecule has 2 rings (SSSR count). The lowest BCUT2D eigenvalue weighted by Gasteiger charge is -2.11. The Balaban J connectivity index is 2.15. The second kappa shape index (κ2) is 6.27. The van der Waals surface area contributed by atoms with E-state index in [0.717, 1.165) is 4.88 Å². The quantitative estimate of drug-likeness (QED) is 0.759. The van der Waals surface area contributed by atoms with E-state index in [1.54, 1.807) is 17.5 Å². The zero-order chi connectivity index (χ0) is 15.4. The van der Waals surface area contributed by atoms with Gasteiger partial charge in [-0.25, -0.2) is 9.59 Å². The molecule has 0 radical (unpaired) electrons. The van der Waals surface area contributed by atoms with Crippen molar-refractivity contribution in [3.8, 4) is 5.75 Å². The zero-order valence-corrected chi connectivity index (χ0v) is 11.9. The molecule has 0 fully saturated rings. The van der Waals surface area contributed by atoms with Crippen LogP contribution in [-0.2, 0) is 6.54 Å². The number of aromatic carboxylic acids is 2. The van der Waals surface area contributed by atoms with Gasteiger partial charge in [0.2, 0.25) is 0 Å². The van der Waals surface area contributed by atoms with Gasteiger partial charge in [0.05, 0.1) is 23.9 Å². The molecular formula is C14H13NO5S. The molecule has 0 atom stereocenters. The fourth-order valence-electron chi connectivity index (χ4n) is 1.75. The molecule has 0 aliphatic carbocycles. The van der Waals surface area contributed by atoms with E-state index in [-0.39, 0.29) is 11.1 Å². The van der Waals surface area contributed by atoms with Gasteiger partial charge < -0.3 is 20.3 Å². The third kappa shape index (κ3) is 3.51. The summed E-state index contributed by atoms with van der Waals surface area (Å²) in [6.45, 7) is 0.386. The van der Waals surface area contributed by atoms with Crippen LogP contribution < -0.4 is 10.1 Å². The predicted molar refractivity (Wildman–Crippen MR) is 78.6 cm³/mol.